The molecule has 5 heteroatoms. The van der Waals surface area contributed by atoms with Crippen molar-refractivity contribution in [3.05, 3.63) is 12.3 Å². The molecule has 0 fully saturated rings. The van der Waals surface area contributed by atoms with E-state index in [4.69, 9.17) is 0 Å². The Morgan fingerprint density at radius 1 is 0.652 bits per heavy atom. The molecule has 0 aliphatic heterocycles. The number of nitrogens with zero attached hydrogens (tertiary/aromatic N) is 3. The molecule has 138 valence electrons. The highest BCUT2D eigenvalue weighted by Crippen LogP contribution is 2.30. The van der Waals surface area contributed by atoms with E-state index in [1.165, 1.54) is 12.1 Å². The Balaban J connectivity index is 5.95. The first-order valence-corrected chi connectivity index (χ1v) is 15.0. The Morgan fingerprint density at radius 2 is 0.957 bits per heavy atom. The third-order valence-corrected chi connectivity index (χ3v) is 14.5. The van der Waals surface area contributed by atoms with Crippen molar-refractivity contribution >= 4 is 16.6 Å². The van der Waals surface area contributed by atoms with E-state index >= 15 is 0 Å². The summed E-state index contributed by atoms with van der Waals surface area (Å²) in [5.74, 6) is 0. The van der Waals surface area contributed by atoms with Crippen molar-refractivity contribution < 1.29 is 0 Å². The summed E-state index contributed by atoms with van der Waals surface area (Å²) < 4.78 is 8.46. The molecule has 0 aromatic rings. The van der Waals surface area contributed by atoms with Crippen LogP contribution in [-0.2, 0) is 0 Å². The smallest absolute Gasteiger partial charge is 0.289 e. The largest absolute Gasteiger partial charge is 0.300 e. The molecule has 0 aliphatic carbocycles. The lowest BCUT2D eigenvalue weighted by molar-refractivity contribution is 0.262. The van der Waals surface area contributed by atoms with Gasteiger partial charge in [-0.15, -0.1) is 12.3 Å². The van der Waals surface area contributed by atoms with Gasteiger partial charge in [-0.05, 0) is 45.3 Å². The minimum absolute atomic E-state index is 1.16. The van der Waals surface area contributed by atoms with E-state index in [0.29, 0.717) is 0 Å². The van der Waals surface area contributed by atoms with E-state index in [1.807, 2.05) is 0 Å². The van der Waals surface area contributed by atoms with Crippen LogP contribution < -0.4 is 0 Å². The summed E-state index contributed by atoms with van der Waals surface area (Å²) in [6.45, 7) is 30.1. The highest BCUT2D eigenvalue weighted by molar-refractivity contribution is 6.84. The Bertz CT molecular complexity index is 291. The van der Waals surface area contributed by atoms with Gasteiger partial charge >= 0.3 is 0 Å². The van der Waals surface area contributed by atoms with Crippen LogP contribution in [0.5, 0.6) is 0 Å². The van der Waals surface area contributed by atoms with Gasteiger partial charge < -0.3 is 0 Å². The molecular weight excluding hydrogens is 314 g/mol. The summed E-state index contributed by atoms with van der Waals surface area (Å²) >= 11 is 0. The van der Waals surface area contributed by atoms with Crippen molar-refractivity contribution in [3.63, 3.8) is 0 Å². The molecule has 0 N–H and O–H groups in total. The van der Waals surface area contributed by atoms with Crippen LogP contribution >= 0.6 is 0 Å². The lowest BCUT2D eigenvalue weighted by Crippen LogP contribution is -2.75. The van der Waals surface area contributed by atoms with Gasteiger partial charge in [0.25, 0.3) is 8.56 Å². The van der Waals surface area contributed by atoms with E-state index in [2.05, 4.69) is 80.6 Å². The molecule has 0 saturated carbocycles. The first kappa shape index (κ1) is 23.1. The van der Waals surface area contributed by atoms with Crippen LogP contribution in [-0.4, -0.2) is 69.6 Å². The Labute approximate surface area is 149 Å². The first-order chi connectivity index (χ1) is 10.8. The van der Waals surface area contributed by atoms with Crippen molar-refractivity contribution in [1.29, 1.82) is 0 Å². The van der Waals surface area contributed by atoms with Crippen molar-refractivity contribution in [2.75, 3.05) is 39.3 Å². The fraction of sp³-hybridized carbons (Fsp3) is 0.889. The molecule has 0 rings (SSSR count). The topological polar surface area (TPSA) is 9.72 Å². The molecule has 0 unspecified atom stereocenters. The summed E-state index contributed by atoms with van der Waals surface area (Å²) in [6, 6.07) is 2.70. The third-order valence-electron chi connectivity index (χ3n) is 5.47. The van der Waals surface area contributed by atoms with Crippen molar-refractivity contribution in [1.82, 2.24) is 13.7 Å². The maximum atomic E-state index is 4.12. The second kappa shape index (κ2) is 10.8. The van der Waals surface area contributed by atoms with Gasteiger partial charge in [0.05, 0.1) is 8.07 Å². The fourth-order valence-electron chi connectivity index (χ4n) is 3.86. The van der Waals surface area contributed by atoms with E-state index < -0.39 is 16.6 Å². The van der Waals surface area contributed by atoms with Gasteiger partial charge in [0, 0.05) is 0 Å². The highest BCUT2D eigenvalue weighted by atomic mass is 28.4. The molecule has 3 nitrogen and oxygen atoms in total. The lowest BCUT2D eigenvalue weighted by Gasteiger charge is -2.54. The zero-order valence-corrected chi connectivity index (χ0v) is 19.3. The summed E-state index contributed by atoms with van der Waals surface area (Å²) in [7, 11) is -3.11. The predicted octanol–water partition coefficient (Wildman–Crippen LogP) is 4.38. The maximum absolute atomic E-state index is 4.12. The van der Waals surface area contributed by atoms with E-state index in [-0.39, 0.29) is 0 Å². The first-order valence-electron chi connectivity index (χ1n) is 9.71. The van der Waals surface area contributed by atoms with Crippen LogP contribution in [0.1, 0.15) is 41.5 Å². The van der Waals surface area contributed by atoms with Crippen molar-refractivity contribution in [2.45, 2.75) is 66.7 Å². The maximum Gasteiger partial charge on any atom is 0.289 e. The summed E-state index contributed by atoms with van der Waals surface area (Å²) in [5, 5.41) is 0. The quantitative estimate of drug-likeness (QED) is 0.453. The van der Waals surface area contributed by atoms with Crippen LogP contribution in [0, 0.1) is 0 Å². The molecular formula is C18H43N3Si2. The van der Waals surface area contributed by atoms with Crippen LogP contribution in [0.3, 0.4) is 0 Å². The van der Waals surface area contributed by atoms with E-state index in [9.17, 15) is 0 Å². The molecule has 0 amide bonds. The minimum Gasteiger partial charge on any atom is -0.300 e. The van der Waals surface area contributed by atoms with Gasteiger partial charge in [-0.1, -0.05) is 60.7 Å². The molecule has 0 radical (unpaired) electrons. The zero-order chi connectivity index (χ0) is 18.1. The van der Waals surface area contributed by atoms with E-state index in [1.54, 1.807) is 0 Å². The Hall–Kier alpha value is 0.0538. The second-order valence-corrected chi connectivity index (χ2v) is 15.8. The molecule has 23 heavy (non-hydrogen) atoms. The van der Waals surface area contributed by atoms with E-state index in [0.717, 1.165) is 39.3 Å². The Morgan fingerprint density at radius 3 is 1.17 bits per heavy atom. The van der Waals surface area contributed by atoms with Gasteiger partial charge in [0.15, 0.2) is 0 Å². The third kappa shape index (κ3) is 5.53. The molecule has 0 spiro atoms. The number of rotatable bonds is 13. The van der Waals surface area contributed by atoms with Crippen LogP contribution in [0.15, 0.2) is 12.3 Å². The average Bonchev–Trinajstić information content (AvgIpc) is 2.55. The molecule has 0 aromatic heterocycles. The van der Waals surface area contributed by atoms with Crippen LogP contribution in [0.2, 0.25) is 25.2 Å². The SMILES string of the molecule is C=C[Si](C)(C)CC[Si](N(CC)CC)(N(CC)CC)N(CC)CC. The molecule has 0 atom stereocenters. The number of hydrogen-bond acceptors (Lipinski definition) is 3. The van der Waals surface area contributed by atoms with Crippen LogP contribution in [0.25, 0.3) is 0 Å². The van der Waals surface area contributed by atoms with Gasteiger partial charge in [-0.3, -0.25) is 13.7 Å². The molecule has 0 aromatic carbocycles. The second-order valence-electron chi connectivity index (χ2n) is 6.98. The van der Waals surface area contributed by atoms with Gasteiger partial charge in [0.1, 0.15) is 0 Å². The predicted molar refractivity (Wildman–Crippen MR) is 112 cm³/mol. The molecule has 0 heterocycles. The monoisotopic (exact) mass is 357 g/mol. The zero-order valence-electron chi connectivity index (χ0n) is 17.3. The van der Waals surface area contributed by atoms with Gasteiger partial charge in [-0.25, -0.2) is 0 Å². The summed E-state index contributed by atoms with van der Waals surface area (Å²) in [4.78, 5) is 0. The standard InChI is InChI=1S/C18H43N3Si2/c1-10-19(11-2)23(20(12-3)13-4,21(14-5)15-6)18-17-22(8,9)16-7/h16H,7,10-15,17-18H2,1-6,8-9H3. The highest BCUT2D eigenvalue weighted by Gasteiger charge is 2.48. The summed E-state index contributed by atoms with van der Waals surface area (Å²) in [6.07, 6.45) is 0. The van der Waals surface area contributed by atoms with Crippen molar-refractivity contribution in [2.24, 2.45) is 0 Å². The van der Waals surface area contributed by atoms with Crippen molar-refractivity contribution in [3.8, 4) is 0 Å². The van der Waals surface area contributed by atoms with Gasteiger partial charge in [0.2, 0.25) is 0 Å². The minimum atomic E-state index is -1.82. The number of hydrogen-bond donors (Lipinski definition) is 0. The molecule has 0 saturated heterocycles. The van der Waals surface area contributed by atoms with Crippen LogP contribution in [0.4, 0.5) is 0 Å². The Kier molecular flexibility index (Phi) is 10.8. The lowest BCUT2D eigenvalue weighted by atomic mass is 10.6. The summed E-state index contributed by atoms with van der Waals surface area (Å²) in [5.41, 5.74) is 2.28. The molecule has 0 bridgehead atoms. The average molecular weight is 358 g/mol. The molecule has 0 aliphatic rings. The fourth-order valence-corrected chi connectivity index (χ4v) is 13.2. The van der Waals surface area contributed by atoms with Gasteiger partial charge in [-0.2, -0.15) is 0 Å². The normalized spacial score (nSPS) is 13.3.